The average molecular weight is 256 g/mol. The van der Waals surface area contributed by atoms with Crippen LogP contribution in [0.1, 0.15) is 40.0 Å². The summed E-state index contributed by atoms with van der Waals surface area (Å²) < 4.78 is 0. The van der Waals surface area contributed by atoms with Gasteiger partial charge in [-0.2, -0.15) is 0 Å². The predicted octanol–water partition coefficient (Wildman–Crippen LogP) is 1.09. The van der Waals surface area contributed by atoms with E-state index in [4.69, 9.17) is 5.11 Å². The van der Waals surface area contributed by atoms with Gasteiger partial charge in [0.1, 0.15) is 0 Å². The van der Waals surface area contributed by atoms with E-state index in [1.807, 2.05) is 25.7 Å². The number of carboxylic acid groups (broad SMARTS) is 1. The minimum Gasteiger partial charge on any atom is -0.481 e. The molecule has 1 atom stereocenters. The van der Waals surface area contributed by atoms with E-state index in [1.54, 1.807) is 0 Å². The number of nitrogens with zero attached hydrogens (tertiary/aromatic N) is 1. The topological polar surface area (TPSA) is 69.6 Å². The Morgan fingerprint density at radius 3 is 2.67 bits per heavy atom. The Labute approximate surface area is 109 Å². The van der Waals surface area contributed by atoms with E-state index in [0.29, 0.717) is 13.1 Å². The number of hydrogen-bond acceptors (Lipinski definition) is 3. The molecule has 0 aromatic carbocycles. The fraction of sp³-hybridized carbons (Fsp3) is 0.846. The smallest absolute Gasteiger partial charge is 0.303 e. The molecule has 5 heteroatoms. The van der Waals surface area contributed by atoms with Crippen LogP contribution in [0.4, 0.5) is 0 Å². The van der Waals surface area contributed by atoms with Crippen molar-refractivity contribution in [3.63, 3.8) is 0 Å². The van der Waals surface area contributed by atoms with Gasteiger partial charge in [-0.05, 0) is 39.2 Å². The molecule has 1 saturated heterocycles. The fourth-order valence-electron chi connectivity index (χ4n) is 2.18. The summed E-state index contributed by atoms with van der Waals surface area (Å²) in [6, 6.07) is 0. The van der Waals surface area contributed by atoms with Gasteiger partial charge < -0.3 is 10.4 Å². The third kappa shape index (κ3) is 5.04. The second-order valence-electron chi connectivity index (χ2n) is 5.77. The van der Waals surface area contributed by atoms with Crippen LogP contribution in [0.25, 0.3) is 0 Å². The third-order valence-electron chi connectivity index (χ3n) is 3.56. The molecular formula is C13H24N2O3. The SMILES string of the molecule is CCC(C)(C)NC(=O)CN1CCC(CC(=O)O)C1. The van der Waals surface area contributed by atoms with E-state index in [2.05, 4.69) is 5.32 Å². The quantitative estimate of drug-likeness (QED) is 0.746. The van der Waals surface area contributed by atoms with E-state index >= 15 is 0 Å². The minimum atomic E-state index is -0.751. The second kappa shape index (κ2) is 6.18. The summed E-state index contributed by atoms with van der Waals surface area (Å²) in [6.45, 7) is 7.95. The van der Waals surface area contributed by atoms with Crippen LogP contribution < -0.4 is 5.32 Å². The van der Waals surface area contributed by atoms with Gasteiger partial charge in [0.15, 0.2) is 0 Å². The Bertz CT molecular complexity index is 315. The standard InChI is InChI=1S/C13H24N2O3/c1-4-13(2,3)14-11(16)9-15-6-5-10(8-15)7-12(17)18/h10H,4-9H2,1-3H3,(H,14,16)(H,17,18). The molecule has 18 heavy (non-hydrogen) atoms. The Kier molecular flexibility index (Phi) is 5.14. The van der Waals surface area contributed by atoms with Crippen molar-refractivity contribution in [1.29, 1.82) is 0 Å². The summed E-state index contributed by atoms with van der Waals surface area (Å²) in [5, 5.41) is 11.7. The maximum absolute atomic E-state index is 11.8. The summed E-state index contributed by atoms with van der Waals surface area (Å²) in [4.78, 5) is 24.5. The Morgan fingerprint density at radius 2 is 2.11 bits per heavy atom. The zero-order chi connectivity index (χ0) is 13.8. The molecule has 1 heterocycles. The van der Waals surface area contributed by atoms with Crippen molar-refractivity contribution in [2.45, 2.75) is 45.6 Å². The summed E-state index contributed by atoms with van der Waals surface area (Å²) in [7, 11) is 0. The van der Waals surface area contributed by atoms with Crippen molar-refractivity contribution < 1.29 is 14.7 Å². The monoisotopic (exact) mass is 256 g/mol. The van der Waals surface area contributed by atoms with Gasteiger partial charge in [-0.3, -0.25) is 14.5 Å². The fourth-order valence-corrected chi connectivity index (χ4v) is 2.18. The van der Waals surface area contributed by atoms with Crippen molar-refractivity contribution >= 4 is 11.9 Å². The number of nitrogens with one attached hydrogen (secondary N) is 1. The third-order valence-corrected chi connectivity index (χ3v) is 3.56. The van der Waals surface area contributed by atoms with Crippen molar-refractivity contribution in [3.05, 3.63) is 0 Å². The van der Waals surface area contributed by atoms with E-state index in [0.717, 1.165) is 19.4 Å². The first-order chi connectivity index (χ1) is 8.32. The summed E-state index contributed by atoms with van der Waals surface area (Å²) in [5.41, 5.74) is -0.169. The molecule has 0 bridgehead atoms. The van der Waals surface area contributed by atoms with Gasteiger partial charge in [0, 0.05) is 18.5 Å². The maximum atomic E-state index is 11.8. The summed E-state index contributed by atoms with van der Waals surface area (Å²) in [5.74, 6) is -0.536. The normalized spacial score (nSPS) is 20.9. The van der Waals surface area contributed by atoms with Crippen LogP contribution >= 0.6 is 0 Å². The highest BCUT2D eigenvalue weighted by molar-refractivity contribution is 5.78. The molecule has 0 aliphatic carbocycles. The molecule has 0 spiro atoms. The number of amides is 1. The van der Waals surface area contributed by atoms with Crippen LogP contribution in [-0.2, 0) is 9.59 Å². The lowest BCUT2D eigenvalue weighted by Crippen LogP contribution is -2.47. The molecule has 1 aliphatic heterocycles. The van der Waals surface area contributed by atoms with Crippen LogP contribution in [0.5, 0.6) is 0 Å². The molecule has 0 aromatic rings. The summed E-state index contributed by atoms with van der Waals surface area (Å²) in [6.07, 6.45) is 1.97. The molecule has 1 amide bonds. The minimum absolute atomic E-state index is 0.0258. The van der Waals surface area contributed by atoms with Gasteiger partial charge in [-0.1, -0.05) is 6.92 Å². The van der Waals surface area contributed by atoms with Crippen LogP contribution in [0, 0.1) is 5.92 Å². The molecule has 0 saturated carbocycles. The molecule has 104 valence electrons. The Hall–Kier alpha value is -1.10. The molecule has 2 N–H and O–H groups in total. The Balaban J connectivity index is 2.32. The van der Waals surface area contributed by atoms with Crippen LogP contribution in [0.15, 0.2) is 0 Å². The molecule has 1 fully saturated rings. The largest absolute Gasteiger partial charge is 0.481 e. The first kappa shape index (κ1) is 15.0. The maximum Gasteiger partial charge on any atom is 0.303 e. The van der Waals surface area contributed by atoms with Gasteiger partial charge in [-0.25, -0.2) is 0 Å². The summed E-state index contributed by atoms with van der Waals surface area (Å²) >= 11 is 0. The number of rotatable bonds is 6. The second-order valence-corrected chi connectivity index (χ2v) is 5.77. The molecule has 0 aromatic heterocycles. The highest BCUT2D eigenvalue weighted by atomic mass is 16.4. The Morgan fingerprint density at radius 1 is 1.44 bits per heavy atom. The zero-order valence-corrected chi connectivity index (χ0v) is 11.5. The number of carboxylic acids is 1. The molecule has 1 aliphatic rings. The highest BCUT2D eigenvalue weighted by Gasteiger charge is 2.27. The van der Waals surface area contributed by atoms with Gasteiger partial charge in [-0.15, -0.1) is 0 Å². The molecular weight excluding hydrogens is 232 g/mol. The lowest BCUT2D eigenvalue weighted by molar-refractivity contribution is -0.138. The van der Waals surface area contributed by atoms with Gasteiger partial charge in [0.25, 0.3) is 0 Å². The van der Waals surface area contributed by atoms with Gasteiger partial charge >= 0.3 is 5.97 Å². The van der Waals surface area contributed by atoms with Crippen LogP contribution in [0.3, 0.4) is 0 Å². The van der Waals surface area contributed by atoms with E-state index < -0.39 is 5.97 Å². The van der Waals surface area contributed by atoms with Crippen LogP contribution in [-0.4, -0.2) is 47.1 Å². The number of carbonyl (C=O) groups is 2. The zero-order valence-electron chi connectivity index (χ0n) is 11.5. The van der Waals surface area contributed by atoms with Crippen molar-refractivity contribution in [3.8, 4) is 0 Å². The van der Waals surface area contributed by atoms with Crippen molar-refractivity contribution in [2.75, 3.05) is 19.6 Å². The van der Waals surface area contributed by atoms with E-state index in [1.165, 1.54) is 0 Å². The van der Waals surface area contributed by atoms with Crippen LogP contribution in [0.2, 0.25) is 0 Å². The first-order valence-corrected chi connectivity index (χ1v) is 6.57. The number of aliphatic carboxylic acids is 1. The molecule has 1 unspecified atom stereocenters. The number of hydrogen-bond donors (Lipinski definition) is 2. The van der Waals surface area contributed by atoms with E-state index in [9.17, 15) is 9.59 Å². The van der Waals surface area contributed by atoms with E-state index in [-0.39, 0.29) is 23.8 Å². The van der Waals surface area contributed by atoms with Gasteiger partial charge in [0.05, 0.1) is 6.54 Å². The van der Waals surface area contributed by atoms with Crippen molar-refractivity contribution in [1.82, 2.24) is 10.2 Å². The molecule has 0 radical (unpaired) electrons. The lowest BCUT2D eigenvalue weighted by Gasteiger charge is -2.26. The predicted molar refractivity (Wildman–Crippen MR) is 69.3 cm³/mol. The highest BCUT2D eigenvalue weighted by Crippen LogP contribution is 2.19. The molecule has 1 rings (SSSR count). The lowest BCUT2D eigenvalue weighted by atomic mass is 10.0. The van der Waals surface area contributed by atoms with Gasteiger partial charge in [0.2, 0.25) is 5.91 Å². The number of carbonyl (C=O) groups excluding carboxylic acids is 1. The average Bonchev–Trinajstić information content (AvgIpc) is 2.63. The van der Waals surface area contributed by atoms with Crippen molar-refractivity contribution in [2.24, 2.45) is 5.92 Å². The molecule has 5 nitrogen and oxygen atoms in total. The number of likely N-dealkylation sites (tertiary alicyclic amines) is 1. The first-order valence-electron chi connectivity index (χ1n) is 6.57.